The quantitative estimate of drug-likeness (QED) is 0.776. The molecule has 1 aliphatic heterocycles. The molecule has 1 saturated heterocycles. The molecule has 1 aliphatic rings. The fourth-order valence-electron chi connectivity index (χ4n) is 2.44. The summed E-state index contributed by atoms with van der Waals surface area (Å²) in [4.78, 5) is 28.9. The summed E-state index contributed by atoms with van der Waals surface area (Å²) in [5.41, 5.74) is 0.0519. The van der Waals surface area contributed by atoms with E-state index in [-0.39, 0.29) is 22.4 Å². The minimum absolute atomic E-state index is 0.00124. The number of rotatable bonds is 4. The molecule has 0 unspecified atom stereocenters. The van der Waals surface area contributed by atoms with Gasteiger partial charge in [-0.25, -0.2) is 18.2 Å². The lowest BCUT2D eigenvalue weighted by atomic mass is 10.2. The summed E-state index contributed by atoms with van der Waals surface area (Å²) in [6.45, 7) is 1.41. The number of hydrogen-bond donors (Lipinski definition) is 1. The molecule has 2 aromatic heterocycles. The summed E-state index contributed by atoms with van der Waals surface area (Å²) >= 11 is 7.25. The number of carbonyl (C=O) groups is 2. The van der Waals surface area contributed by atoms with Gasteiger partial charge in [0.15, 0.2) is 31.7 Å². The van der Waals surface area contributed by atoms with E-state index in [1.165, 1.54) is 22.7 Å². The number of aromatic nitrogens is 2. The van der Waals surface area contributed by atoms with Crippen LogP contribution in [0, 0.1) is 0 Å². The van der Waals surface area contributed by atoms with Crippen molar-refractivity contribution in [2.24, 2.45) is 0 Å². The lowest BCUT2D eigenvalue weighted by molar-refractivity contribution is -0.129. The Bertz CT molecular complexity index is 904. The fourth-order valence-corrected chi connectivity index (χ4v) is 5.12. The number of thiazole rings is 1. The molecule has 0 aromatic carbocycles. The van der Waals surface area contributed by atoms with Crippen LogP contribution in [0.3, 0.4) is 0 Å². The van der Waals surface area contributed by atoms with Crippen molar-refractivity contribution in [3.63, 3.8) is 0 Å². The van der Waals surface area contributed by atoms with E-state index in [4.69, 9.17) is 16.3 Å². The number of nitrogens with zero attached hydrogens (tertiary/aromatic N) is 2. The number of amides is 1. The Morgan fingerprint density at radius 2 is 2.29 bits per heavy atom. The van der Waals surface area contributed by atoms with E-state index < -0.39 is 33.9 Å². The summed E-state index contributed by atoms with van der Waals surface area (Å²) in [5, 5.41) is 4.33. The Morgan fingerprint density at radius 1 is 1.54 bits per heavy atom. The molecule has 0 saturated carbocycles. The van der Waals surface area contributed by atoms with E-state index in [0.717, 1.165) is 0 Å². The number of sulfone groups is 1. The van der Waals surface area contributed by atoms with Gasteiger partial charge in [0.1, 0.15) is 0 Å². The highest BCUT2D eigenvalue weighted by Gasteiger charge is 2.31. The predicted molar refractivity (Wildman–Crippen MR) is 88.2 cm³/mol. The molecule has 0 radical (unpaired) electrons. The average Bonchev–Trinajstić information content (AvgIpc) is 3.12. The summed E-state index contributed by atoms with van der Waals surface area (Å²) in [6, 6.07) is -0.453. The van der Waals surface area contributed by atoms with Gasteiger partial charge in [-0.15, -0.1) is 11.3 Å². The molecule has 3 heterocycles. The fraction of sp³-hybridized carbons (Fsp3) is 0.462. The van der Waals surface area contributed by atoms with Crippen LogP contribution in [-0.2, 0) is 19.4 Å². The molecule has 2 atom stereocenters. The van der Waals surface area contributed by atoms with Crippen LogP contribution in [0.15, 0.2) is 11.6 Å². The van der Waals surface area contributed by atoms with Crippen LogP contribution in [-0.4, -0.2) is 53.3 Å². The molecule has 0 spiro atoms. The van der Waals surface area contributed by atoms with Crippen molar-refractivity contribution in [1.82, 2.24) is 14.7 Å². The van der Waals surface area contributed by atoms with Crippen LogP contribution in [0.4, 0.5) is 0 Å². The van der Waals surface area contributed by atoms with Gasteiger partial charge in [-0.2, -0.15) is 0 Å². The summed E-state index contributed by atoms with van der Waals surface area (Å²) < 4.78 is 29.4. The zero-order valence-electron chi connectivity index (χ0n) is 12.6. The largest absolute Gasteiger partial charge is 0.448 e. The van der Waals surface area contributed by atoms with E-state index >= 15 is 0 Å². The summed E-state index contributed by atoms with van der Waals surface area (Å²) in [6.07, 6.45) is 0.906. The number of fused-ring (bicyclic) bond motifs is 1. The second-order valence-corrected chi connectivity index (χ2v) is 8.92. The SMILES string of the molecule is C[C@@H](OC(=O)c1c(Cl)nc2sccn12)C(=O)N[C@@H]1CCS(=O)(=O)C1. The van der Waals surface area contributed by atoms with E-state index in [0.29, 0.717) is 11.4 Å². The standard InChI is InChI=1S/C13H14ClN3O5S2/c1-7(11(18)15-8-2-5-24(20,21)6-8)22-12(19)9-10(14)16-13-17(9)3-4-23-13/h3-4,7-8H,2,5-6H2,1H3,(H,15,18)/t7-,8-/m1/s1. The Hall–Kier alpha value is -1.65. The Balaban J connectivity index is 1.65. The topological polar surface area (TPSA) is 107 Å². The molecule has 8 nitrogen and oxygen atoms in total. The molecule has 0 aliphatic carbocycles. The maximum absolute atomic E-state index is 12.3. The minimum Gasteiger partial charge on any atom is -0.448 e. The molecular weight excluding hydrogens is 378 g/mol. The third kappa shape index (κ3) is 3.40. The molecule has 0 bridgehead atoms. The Kier molecular flexibility index (Phi) is 4.54. The zero-order valence-corrected chi connectivity index (χ0v) is 14.9. The van der Waals surface area contributed by atoms with Gasteiger partial charge in [-0.3, -0.25) is 9.20 Å². The predicted octanol–water partition coefficient (Wildman–Crippen LogP) is 0.898. The highest BCUT2D eigenvalue weighted by atomic mass is 35.5. The number of ether oxygens (including phenoxy) is 1. The van der Waals surface area contributed by atoms with Gasteiger partial charge in [0.25, 0.3) is 5.91 Å². The molecule has 1 N–H and O–H groups in total. The van der Waals surface area contributed by atoms with Crippen LogP contribution in [0.2, 0.25) is 5.15 Å². The monoisotopic (exact) mass is 391 g/mol. The Labute approximate surface area is 146 Å². The van der Waals surface area contributed by atoms with Gasteiger partial charge in [-0.05, 0) is 13.3 Å². The number of hydrogen-bond acceptors (Lipinski definition) is 7. The first-order valence-electron chi connectivity index (χ1n) is 7.09. The van der Waals surface area contributed by atoms with Crippen LogP contribution in [0.1, 0.15) is 23.8 Å². The first kappa shape index (κ1) is 17.2. The second kappa shape index (κ2) is 6.34. The first-order valence-corrected chi connectivity index (χ1v) is 10.2. The highest BCUT2D eigenvalue weighted by molar-refractivity contribution is 7.91. The lowest BCUT2D eigenvalue weighted by Crippen LogP contribution is -2.42. The highest BCUT2D eigenvalue weighted by Crippen LogP contribution is 2.22. The van der Waals surface area contributed by atoms with E-state index in [9.17, 15) is 18.0 Å². The lowest BCUT2D eigenvalue weighted by Gasteiger charge is -2.16. The molecule has 1 amide bonds. The number of nitrogens with one attached hydrogen (secondary N) is 1. The number of esters is 1. The molecule has 130 valence electrons. The van der Waals surface area contributed by atoms with Crippen molar-refractivity contribution in [2.75, 3.05) is 11.5 Å². The smallest absolute Gasteiger partial charge is 0.359 e. The average molecular weight is 392 g/mol. The van der Waals surface area contributed by atoms with Crippen LogP contribution >= 0.6 is 22.9 Å². The van der Waals surface area contributed by atoms with Crippen molar-refractivity contribution in [2.45, 2.75) is 25.5 Å². The van der Waals surface area contributed by atoms with Gasteiger partial charge in [0.05, 0.1) is 11.5 Å². The molecular formula is C13H14ClN3O5S2. The van der Waals surface area contributed by atoms with Gasteiger partial charge in [-0.1, -0.05) is 11.6 Å². The van der Waals surface area contributed by atoms with Crippen molar-refractivity contribution in [1.29, 1.82) is 0 Å². The van der Waals surface area contributed by atoms with E-state index in [1.807, 2.05) is 0 Å². The van der Waals surface area contributed by atoms with Crippen LogP contribution in [0.25, 0.3) is 4.96 Å². The van der Waals surface area contributed by atoms with Crippen molar-refractivity contribution in [3.8, 4) is 0 Å². The third-order valence-electron chi connectivity index (χ3n) is 3.64. The van der Waals surface area contributed by atoms with Gasteiger partial charge in [0, 0.05) is 17.6 Å². The van der Waals surface area contributed by atoms with Gasteiger partial charge >= 0.3 is 5.97 Å². The van der Waals surface area contributed by atoms with Gasteiger partial charge in [0.2, 0.25) is 0 Å². The summed E-state index contributed by atoms with van der Waals surface area (Å²) in [7, 11) is -3.10. The van der Waals surface area contributed by atoms with Crippen LogP contribution < -0.4 is 5.32 Å². The third-order valence-corrected chi connectivity index (χ3v) is 6.43. The van der Waals surface area contributed by atoms with Crippen molar-refractivity contribution in [3.05, 3.63) is 22.4 Å². The number of halogens is 1. The number of imidazole rings is 1. The maximum Gasteiger partial charge on any atom is 0.359 e. The normalized spacial score (nSPS) is 20.8. The Morgan fingerprint density at radius 3 is 2.96 bits per heavy atom. The van der Waals surface area contributed by atoms with E-state index in [2.05, 4.69) is 10.3 Å². The van der Waals surface area contributed by atoms with Crippen LogP contribution in [0.5, 0.6) is 0 Å². The first-order chi connectivity index (χ1) is 11.3. The minimum atomic E-state index is -3.10. The second-order valence-electron chi connectivity index (χ2n) is 5.46. The van der Waals surface area contributed by atoms with Crippen molar-refractivity contribution >= 4 is 49.6 Å². The molecule has 11 heteroatoms. The maximum atomic E-state index is 12.3. The summed E-state index contributed by atoms with van der Waals surface area (Å²) in [5.74, 6) is -1.36. The molecule has 2 aromatic rings. The molecule has 3 rings (SSSR count). The van der Waals surface area contributed by atoms with E-state index in [1.54, 1.807) is 11.6 Å². The zero-order chi connectivity index (χ0) is 17.5. The molecule has 1 fully saturated rings. The molecule has 24 heavy (non-hydrogen) atoms. The van der Waals surface area contributed by atoms with Gasteiger partial charge < -0.3 is 10.1 Å². The van der Waals surface area contributed by atoms with Crippen molar-refractivity contribution < 1.29 is 22.7 Å². The number of carbonyl (C=O) groups excluding carboxylic acids is 2.